The van der Waals surface area contributed by atoms with E-state index in [9.17, 15) is 13.5 Å². The van der Waals surface area contributed by atoms with Crippen LogP contribution in [0, 0.1) is 0 Å². The lowest BCUT2D eigenvalue weighted by molar-refractivity contribution is 0.117. The zero-order valence-corrected chi connectivity index (χ0v) is 11.1. The van der Waals surface area contributed by atoms with Gasteiger partial charge in [-0.1, -0.05) is 30.3 Å². The topological polar surface area (TPSA) is 57.6 Å². The van der Waals surface area contributed by atoms with Crippen LogP contribution in [-0.4, -0.2) is 49.6 Å². The first-order chi connectivity index (χ1) is 8.57. The molecular weight excluding hydrogens is 250 g/mol. The van der Waals surface area contributed by atoms with Crippen LogP contribution in [0.3, 0.4) is 0 Å². The van der Waals surface area contributed by atoms with Crippen molar-refractivity contribution in [3.8, 4) is 0 Å². The number of aliphatic hydroxyl groups is 1. The maximum atomic E-state index is 11.5. The van der Waals surface area contributed by atoms with E-state index in [0.29, 0.717) is 19.5 Å². The van der Waals surface area contributed by atoms with Gasteiger partial charge in [0.1, 0.15) is 0 Å². The second-order valence-corrected chi connectivity index (χ2v) is 7.04. The lowest BCUT2D eigenvalue weighted by atomic mass is 10.1. The van der Waals surface area contributed by atoms with Gasteiger partial charge in [0.15, 0.2) is 9.84 Å². The molecule has 1 atom stereocenters. The number of rotatable bonds is 3. The molecule has 0 aromatic heterocycles. The van der Waals surface area contributed by atoms with E-state index in [4.69, 9.17) is 0 Å². The molecule has 1 N–H and O–H groups in total. The van der Waals surface area contributed by atoms with Crippen LogP contribution < -0.4 is 0 Å². The molecule has 1 heterocycles. The number of benzene rings is 1. The summed E-state index contributed by atoms with van der Waals surface area (Å²) in [6.07, 6.45) is 0.108. The molecule has 0 spiro atoms. The third-order valence-electron chi connectivity index (χ3n) is 3.26. The van der Waals surface area contributed by atoms with E-state index in [0.717, 1.165) is 12.1 Å². The highest BCUT2D eigenvalue weighted by Crippen LogP contribution is 2.15. The fraction of sp³-hybridized carbons (Fsp3) is 0.538. The number of nitrogens with zero attached hydrogens (tertiary/aromatic N) is 1. The summed E-state index contributed by atoms with van der Waals surface area (Å²) in [7, 11) is -2.88. The first-order valence-electron chi connectivity index (χ1n) is 6.23. The minimum Gasteiger partial charge on any atom is -0.387 e. The van der Waals surface area contributed by atoms with Crippen LogP contribution in [0.25, 0.3) is 0 Å². The molecule has 4 nitrogen and oxygen atoms in total. The van der Waals surface area contributed by atoms with Gasteiger partial charge in [-0.05, 0) is 18.5 Å². The molecule has 1 aromatic carbocycles. The van der Waals surface area contributed by atoms with E-state index >= 15 is 0 Å². The van der Waals surface area contributed by atoms with E-state index in [1.165, 1.54) is 0 Å². The van der Waals surface area contributed by atoms with E-state index in [2.05, 4.69) is 0 Å². The second kappa shape index (κ2) is 5.82. The summed E-state index contributed by atoms with van der Waals surface area (Å²) < 4.78 is 23.0. The predicted molar refractivity (Wildman–Crippen MR) is 71.1 cm³/mol. The molecule has 0 saturated carbocycles. The molecule has 0 bridgehead atoms. The van der Waals surface area contributed by atoms with Gasteiger partial charge in [-0.25, -0.2) is 8.42 Å². The van der Waals surface area contributed by atoms with Gasteiger partial charge in [-0.15, -0.1) is 0 Å². The van der Waals surface area contributed by atoms with Gasteiger partial charge in [0.25, 0.3) is 0 Å². The van der Waals surface area contributed by atoms with Gasteiger partial charge in [-0.3, -0.25) is 4.90 Å². The Bertz CT molecular complexity index is 472. The molecule has 1 unspecified atom stereocenters. The smallest absolute Gasteiger partial charge is 0.151 e. The number of sulfone groups is 1. The Labute approximate surface area is 108 Å². The van der Waals surface area contributed by atoms with Gasteiger partial charge in [0, 0.05) is 13.1 Å². The van der Waals surface area contributed by atoms with Crippen LogP contribution in [0.5, 0.6) is 0 Å². The Morgan fingerprint density at radius 3 is 2.61 bits per heavy atom. The Hall–Kier alpha value is -0.910. The van der Waals surface area contributed by atoms with E-state index in [1.807, 2.05) is 35.2 Å². The van der Waals surface area contributed by atoms with Gasteiger partial charge in [-0.2, -0.15) is 0 Å². The van der Waals surface area contributed by atoms with Crippen molar-refractivity contribution in [3.05, 3.63) is 35.9 Å². The summed E-state index contributed by atoms with van der Waals surface area (Å²) in [6.45, 7) is 1.76. The molecule has 2 rings (SSSR count). The number of β-amino-alcohol motifs (C(OH)–C–C–N with tert-alkyl or cyclic N) is 1. The summed E-state index contributed by atoms with van der Waals surface area (Å²) in [6, 6.07) is 9.48. The maximum Gasteiger partial charge on any atom is 0.151 e. The molecule has 1 saturated heterocycles. The zero-order valence-electron chi connectivity index (χ0n) is 10.3. The molecule has 1 fully saturated rings. The van der Waals surface area contributed by atoms with E-state index in [1.54, 1.807) is 0 Å². The standard InChI is InChI=1S/C13H19NO3S/c15-13(12-5-2-1-3-6-12)11-14-7-4-9-18(16,17)10-8-14/h1-3,5-6,13,15H,4,7-11H2. The van der Waals surface area contributed by atoms with Crippen molar-refractivity contribution < 1.29 is 13.5 Å². The van der Waals surface area contributed by atoms with Crippen molar-refractivity contribution in [1.82, 2.24) is 4.90 Å². The van der Waals surface area contributed by atoms with Crippen LogP contribution >= 0.6 is 0 Å². The average Bonchev–Trinajstić information content (AvgIpc) is 2.52. The number of aliphatic hydroxyl groups excluding tert-OH is 1. The molecular formula is C13H19NO3S. The highest BCUT2D eigenvalue weighted by atomic mass is 32.2. The largest absolute Gasteiger partial charge is 0.387 e. The molecule has 1 aliphatic rings. The van der Waals surface area contributed by atoms with Gasteiger partial charge in [0.05, 0.1) is 17.6 Å². The molecule has 1 aliphatic heterocycles. The SMILES string of the molecule is O=S1(=O)CCCN(CC(O)c2ccccc2)CC1. The van der Waals surface area contributed by atoms with Crippen molar-refractivity contribution in [2.75, 3.05) is 31.1 Å². The Kier molecular flexibility index (Phi) is 4.37. The predicted octanol–water partition coefficient (Wildman–Crippen LogP) is 0.841. The van der Waals surface area contributed by atoms with Crippen LogP contribution in [-0.2, 0) is 9.84 Å². The van der Waals surface area contributed by atoms with Crippen LogP contribution in [0.4, 0.5) is 0 Å². The van der Waals surface area contributed by atoms with Crippen molar-refractivity contribution in [2.24, 2.45) is 0 Å². The summed E-state index contributed by atoms with van der Waals surface area (Å²) in [5.41, 5.74) is 0.879. The quantitative estimate of drug-likeness (QED) is 0.883. The number of hydrogen-bond donors (Lipinski definition) is 1. The lowest BCUT2D eigenvalue weighted by Crippen LogP contribution is -2.31. The Morgan fingerprint density at radius 2 is 1.89 bits per heavy atom. The molecule has 0 amide bonds. The monoisotopic (exact) mass is 269 g/mol. The molecule has 100 valence electrons. The summed E-state index contributed by atoms with van der Waals surface area (Å²) in [5, 5.41) is 10.1. The summed E-state index contributed by atoms with van der Waals surface area (Å²) in [4.78, 5) is 2.03. The van der Waals surface area contributed by atoms with E-state index < -0.39 is 15.9 Å². The van der Waals surface area contributed by atoms with Gasteiger partial charge in [0.2, 0.25) is 0 Å². The summed E-state index contributed by atoms with van der Waals surface area (Å²) >= 11 is 0. The highest BCUT2D eigenvalue weighted by molar-refractivity contribution is 7.91. The third-order valence-corrected chi connectivity index (χ3v) is 4.98. The second-order valence-electron chi connectivity index (χ2n) is 4.73. The average molecular weight is 269 g/mol. The Morgan fingerprint density at radius 1 is 1.17 bits per heavy atom. The Balaban J connectivity index is 1.94. The normalized spacial score (nSPS) is 22.3. The fourth-order valence-corrected chi connectivity index (χ4v) is 3.51. The molecule has 0 aliphatic carbocycles. The van der Waals surface area contributed by atoms with Crippen molar-refractivity contribution in [1.29, 1.82) is 0 Å². The fourth-order valence-electron chi connectivity index (χ4n) is 2.20. The molecule has 1 aromatic rings. The van der Waals surface area contributed by atoms with Gasteiger partial charge < -0.3 is 5.11 Å². The highest BCUT2D eigenvalue weighted by Gasteiger charge is 2.21. The van der Waals surface area contributed by atoms with Crippen molar-refractivity contribution >= 4 is 9.84 Å². The molecule has 5 heteroatoms. The first kappa shape index (κ1) is 13.5. The number of hydrogen-bond acceptors (Lipinski definition) is 4. The van der Waals surface area contributed by atoms with Crippen molar-refractivity contribution in [2.45, 2.75) is 12.5 Å². The maximum absolute atomic E-state index is 11.5. The first-order valence-corrected chi connectivity index (χ1v) is 8.05. The molecule has 0 radical (unpaired) electrons. The van der Waals surface area contributed by atoms with Crippen LogP contribution in [0.2, 0.25) is 0 Å². The van der Waals surface area contributed by atoms with E-state index in [-0.39, 0.29) is 11.5 Å². The third kappa shape index (κ3) is 3.80. The lowest BCUT2D eigenvalue weighted by Gasteiger charge is -2.22. The zero-order chi connectivity index (χ0) is 13.0. The molecule has 18 heavy (non-hydrogen) atoms. The minimum absolute atomic E-state index is 0.203. The van der Waals surface area contributed by atoms with Crippen LogP contribution in [0.1, 0.15) is 18.1 Å². The minimum atomic E-state index is -2.88. The van der Waals surface area contributed by atoms with Gasteiger partial charge >= 0.3 is 0 Å². The van der Waals surface area contributed by atoms with Crippen LogP contribution in [0.15, 0.2) is 30.3 Å². The summed E-state index contributed by atoms with van der Waals surface area (Å²) in [5.74, 6) is 0.472. The van der Waals surface area contributed by atoms with Crippen molar-refractivity contribution in [3.63, 3.8) is 0 Å².